The summed E-state index contributed by atoms with van der Waals surface area (Å²) in [5, 5.41) is 17.2. The largest absolute Gasteiger partial charge is 0.348 e. The number of nitrogens with zero attached hydrogens (tertiary/aromatic N) is 4. The van der Waals surface area contributed by atoms with Gasteiger partial charge in [-0.1, -0.05) is 18.7 Å². The normalized spacial score (nSPS) is 36.0. The molecule has 9 heteroatoms. The molecule has 4 unspecified atom stereocenters. The predicted molar refractivity (Wildman–Crippen MR) is 155 cm³/mol. The number of fused-ring (bicyclic) bond motifs is 2. The van der Waals surface area contributed by atoms with E-state index in [9.17, 15) is 14.4 Å². The van der Waals surface area contributed by atoms with E-state index in [0.717, 1.165) is 63.6 Å². The van der Waals surface area contributed by atoms with Crippen LogP contribution >= 0.6 is 0 Å². The molecule has 2 N–H and O–H groups in total. The summed E-state index contributed by atoms with van der Waals surface area (Å²) >= 11 is 0. The fraction of sp³-hybridized carbons (Fsp3) is 0.688. The summed E-state index contributed by atoms with van der Waals surface area (Å²) in [6, 6.07) is 8.36. The van der Waals surface area contributed by atoms with Gasteiger partial charge in [-0.05, 0) is 93.6 Å². The van der Waals surface area contributed by atoms with Crippen molar-refractivity contribution < 1.29 is 13.9 Å². The fourth-order valence-corrected chi connectivity index (χ4v) is 8.45. The highest BCUT2D eigenvalue weighted by Gasteiger charge is 2.50. The van der Waals surface area contributed by atoms with Crippen LogP contribution in [0.1, 0.15) is 56.1 Å². The highest BCUT2D eigenvalue weighted by molar-refractivity contribution is 5.87. The Labute approximate surface area is 243 Å². The average molecular weight is 565 g/mol. The molecule has 2 aliphatic carbocycles. The number of nitriles is 1. The van der Waals surface area contributed by atoms with Crippen molar-refractivity contribution in [2.75, 3.05) is 39.8 Å². The van der Waals surface area contributed by atoms with Gasteiger partial charge >= 0.3 is 0 Å². The number of aryl methyl sites for hydroxylation is 1. The smallest absolute Gasteiger partial charge is 0.246 e. The van der Waals surface area contributed by atoms with Gasteiger partial charge in [0.05, 0.1) is 31.3 Å². The molecule has 41 heavy (non-hydrogen) atoms. The molecule has 7 atom stereocenters. The van der Waals surface area contributed by atoms with E-state index < -0.39 is 0 Å². The van der Waals surface area contributed by atoms with Gasteiger partial charge in [0.1, 0.15) is 5.82 Å². The van der Waals surface area contributed by atoms with Crippen molar-refractivity contribution in [3.63, 3.8) is 0 Å². The Bertz CT molecular complexity index is 1170. The van der Waals surface area contributed by atoms with Gasteiger partial charge < -0.3 is 14.5 Å². The van der Waals surface area contributed by atoms with Crippen LogP contribution in [-0.2, 0) is 22.4 Å². The lowest BCUT2D eigenvalue weighted by atomic mass is 9.59. The van der Waals surface area contributed by atoms with E-state index in [0.29, 0.717) is 38.1 Å². The molecule has 0 aromatic heterocycles. The predicted octanol–water partition coefficient (Wildman–Crippen LogP) is 3.00. The quantitative estimate of drug-likeness (QED) is 0.514. The first kappa shape index (κ1) is 28.8. The number of likely N-dealkylation sites (tertiary alicyclic amines) is 1. The van der Waals surface area contributed by atoms with Crippen LogP contribution in [0.4, 0.5) is 4.39 Å². The molecule has 3 saturated heterocycles. The summed E-state index contributed by atoms with van der Waals surface area (Å²) < 4.78 is 21.4. The zero-order valence-electron chi connectivity index (χ0n) is 24.4. The van der Waals surface area contributed by atoms with Crippen molar-refractivity contribution in [1.82, 2.24) is 25.3 Å². The van der Waals surface area contributed by atoms with Crippen molar-refractivity contribution in [2.24, 2.45) is 11.3 Å². The lowest BCUT2D eigenvalue weighted by Crippen LogP contribution is -2.72. The number of halogens is 1. The summed E-state index contributed by atoms with van der Waals surface area (Å²) in [4.78, 5) is 19.2. The van der Waals surface area contributed by atoms with E-state index in [2.05, 4.69) is 46.2 Å². The number of likely N-dealkylation sites (N-methyl/N-ethyl adjacent to an activating group) is 1. The lowest BCUT2D eigenvalue weighted by Gasteiger charge is -2.56. The third kappa shape index (κ3) is 5.82. The third-order valence-corrected chi connectivity index (χ3v) is 10.8. The summed E-state index contributed by atoms with van der Waals surface area (Å²) in [6.07, 6.45) is 9.80. The Morgan fingerprint density at radius 3 is 2.90 bits per heavy atom. The van der Waals surface area contributed by atoms with Crippen LogP contribution in [0, 0.1) is 28.5 Å². The van der Waals surface area contributed by atoms with Gasteiger partial charge in [-0.15, -0.1) is 0 Å². The number of rotatable bonds is 6. The second kappa shape index (κ2) is 12.1. The number of ether oxygens (including phenoxy) is 1. The number of carbonyl (C=O) groups is 1. The van der Waals surface area contributed by atoms with E-state index in [1.807, 2.05) is 6.07 Å². The third-order valence-electron chi connectivity index (χ3n) is 10.8. The van der Waals surface area contributed by atoms with E-state index >= 15 is 0 Å². The van der Waals surface area contributed by atoms with Crippen molar-refractivity contribution in [1.29, 1.82) is 5.26 Å². The zero-order chi connectivity index (χ0) is 28.6. The van der Waals surface area contributed by atoms with Gasteiger partial charge in [0.25, 0.3) is 0 Å². The van der Waals surface area contributed by atoms with Gasteiger partial charge in [0, 0.05) is 37.6 Å². The van der Waals surface area contributed by atoms with Crippen LogP contribution in [0.5, 0.6) is 0 Å². The topological polar surface area (TPSA) is 83.9 Å². The fourth-order valence-electron chi connectivity index (χ4n) is 8.45. The monoisotopic (exact) mass is 564 g/mol. The van der Waals surface area contributed by atoms with Crippen LogP contribution in [0.15, 0.2) is 30.9 Å². The van der Waals surface area contributed by atoms with E-state index in [1.54, 1.807) is 11.0 Å². The molecule has 1 aromatic carbocycles. The van der Waals surface area contributed by atoms with Gasteiger partial charge in [-0.2, -0.15) is 5.26 Å². The molecule has 4 fully saturated rings. The van der Waals surface area contributed by atoms with Crippen molar-refractivity contribution in [2.45, 2.75) is 88.4 Å². The number of carbonyl (C=O) groups excluding carboxylic acids is 1. The molecule has 0 radical (unpaired) electrons. The standard InChI is InChI=1S/C32H45FN6O2/c1-3-29(40)39-17-16-38(20-23(39)11-14-34)30-25-10-13-32(12-9-22-6-4-8-27(33)26(22)18-32)19-28(25)35-31(36-30)41-21-24-7-5-15-37(24)2/h3-4,6,8,23-25,28,30-31,35-36H,1,5,7,9-13,15-21H2,2H3/t23-,24-,25?,28?,30?,31?,32-/m1/s1. The number of hydrogen-bond donors (Lipinski definition) is 2. The Kier molecular flexibility index (Phi) is 8.49. The first-order chi connectivity index (χ1) is 19.9. The molecule has 3 aliphatic heterocycles. The maximum Gasteiger partial charge on any atom is 0.246 e. The molecule has 6 rings (SSSR count). The Morgan fingerprint density at radius 1 is 1.24 bits per heavy atom. The second-order valence-corrected chi connectivity index (χ2v) is 13.1. The number of hydrogen-bond acceptors (Lipinski definition) is 7. The van der Waals surface area contributed by atoms with Crippen molar-refractivity contribution in [3.8, 4) is 6.07 Å². The van der Waals surface area contributed by atoms with E-state index in [-0.39, 0.29) is 41.7 Å². The molecule has 1 spiro atoms. The molecular formula is C32H45FN6O2. The molecule has 5 aliphatic rings. The molecule has 1 aromatic rings. The van der Waals surface area contributed by atoms with Crippen molar-refractivity contribution >= 4 is 5.91 Å². The highest BCUT2D eigenvalue weighted by atomic mass is 19.1. The number of nitrogens with one attached hydrogen (secondary N) is 2. The maximum atomic E-state index is 14.9. The molecule has 8 nitrogen and oxygen atoms in total. The van der Waals surface area contributed by atoms with Crippen LogP contribution in [0.2, 0.25) is 0 Å². The minimum absolute atomic E-state index is 0.0581. The number of piperazine rings is 1. The number of benzene rings is 1. The van der Waals surface area contributed by atoms with Crippen LogP contribution in [0.25, 0.3) is 0 Å². The van der Waals surface area contributed by atoms with Crippen LogP contribution in [-0.4, -0.2) is 91.1 Å². The van der Waals surface area contributed by atoms with Crippen LogP contribution < -0.4 is 10.6 Å². The first-order valence-corrected chi connectivity index (χ1v) is 15.5. The summed E-state index contributed by atoms with van der Waals surface area (Å²) in [5.74, 6) is 0.200. The van der Waals surface area contributed by atoms with Crippen LogP contribution in [0.3, 0.4) is 0 Å². The Hall–Kier alpha value is -2.35. The van der Waals surface area contributed by atoms with Gasteiger partial charge in [0.2, 0.25) is 5.91 Å². The summed E-state index contributed by atoms with van der Waals surface area (Å²) in [6.45, 7) is 7.43. The lowest BCUT2D eigenvalue weighted by molar-refractivity contribution is -0.137. The van der Waals surface area contributed by atoms with E-state index in [4.69, 9.17) is 4.74 Å². The highest BCUT2D eigenvalue weighted by Crippen LogP contribution is 2.50. The molecule has 0 bridgehead atoms. The first-order valence-electron chi connectivity index (χ1n) is 15.5. The van der Waals surface area contributed by atoms with Gasteiger partial charge in [-0.3, -0.25) is 20.3 Å². The Balaban J connectivity index is 1.21. The SMILES string of the molecule is C=CC(=O)N1CCN(C2NC(OC[C@H]3CCCN3C)NC3C[C@]4(CCc5cccc(F)c5C4)CCC32)C[C@H]1CC#N. The van der Waals surface area contributed by atoms with Gasteiger partial charge in [-0.25, -0.2) is 4.39 Å². The summed E-state index contributed by atoms with van der Waals surface area (Å²) in [5.41, 5.74) is 2.19. The zero-order valence-corrected chi connectivity index (χ0v) is 24.4. The summed E-state index contributed by atoms with van der Waals surface area (Å²) in [7, 11) is 2.17. The Morgan fingerprint density at radius 2 is 2.12 bits per heavy atom. The minimum atomic E-state index is -0.278. The minimum Gasteiger partial charge on any atom is -0.348 e. The van der Waals surface area contributed by atoms with E-state index in [1.165, 1.54) is 18.1 Å². The molecule has 1 saturated carbocycles. The molecule has 3 heterocycles. The van der Waals surface area contributed by atoms with Gasteiger partial charge in [0.15, 0.2) is 6.35 Å². The molecular weight excluding hydrogens is 519 g/mol. The molecule has 1 amide bonds. The molecule has 222 valence electrons. The second-order valence-electron chi connectivity index (χ2n) is 13.1. The van der Waals surface area contributed by atoms with Crippen molar-refractivity contribution in [3.05, 3.63) is 47.8 Å². The average Bonchev–Trinajstić information content (AvgIpc) is 3.40. The maximum absolute atomic E-state index is 14.9. The number of amides is 1.